The van der Waals surface area contributed by atoms with Crippen molar-refractivity contribution in [2.24, 2.45) is 11.8 Å². The molecule has 2 aromatic rings. The second-order valence-electron chi connectivity index (χ2n) is 12.2. The molecule has 1 aromatic heterocycles. The van der Waals surface area contributed by atoms with Gasteiger partial charge in [0, 0.05) is 35.8 Å². The smallest absolute Gasteiger partial charge is 0.270 e. The Kier molecular flexibility index (Phi) is 5.97. The molecular weight excluding hydrogens is 469 g/mol. The third-order valence-corrected chi connectivity index (χ3v) is 9.09. The molecule has 196 valence electrons. The van der Waals surface area contributed by atoms with Crippen molar-refractivity contribution >= 4 is 17.6 Å². The van der Waals surface area contributed by atoms with Gasteiger partial charge >= 0.3 is 0 Å². The number of rotatable bonds is 6. The molecule has 37 heavy (non-hydrogen) atoms. The van der Waals surface area contributed by atoms with Gasteiger partial charge < -0.3 is 20.4 Å². The van der Waals surface area contributed by atoms with Gasteiger partial charge in [-0.2, -0.15) is 0 Å². The van der Waals surface area contributed by atoms with Crippen molar-refractivity contribution in [3.63, 3.8) is 0 Å². The molecule has 0 spiro atoms. The summed E-state index contributed by atoms with van der Waals surface area (Å²) in [5, 5.41) is 6.68. The van der Waals surface area contributed by atoms with E-state index in [2.05, 4.69) is 34.5 Å². The summed E-state index contributed by atoms with van der Waals surface area (Å²) >= 11 is 0. The standard InChI is InChI=1S/C29H36FN5O2/c1-34(2)23-9-10-35(17-23)25-8-4-7-24(31-25)27(37)33-29-15-19-11-20(16-29)14-28(13-19,18-29)32-26(36)21-5-3-6-22(30)12-21/h3-8,12,19-20,23H,9-11,13-18H2,1-2H3,(H,32,36)(H,33,37). The van der Waals surface area contributed by atoms with Crippen LogP contribution in [0.25, 0.3) is 0 Å². The molecule has 4 aliphatic carbocycles. The van der Waals surface area contributed by atoms with Crippen LogP contribution in [0, 0.1) is 17.7 Å². The average molecular weight is 506 g/mol. The van der Waals surface area contributed by atoms with E-state index in [1.165, 1.54) is 12.1 Å². The largest absolute Gasteiger partial charge is 0.355 e. The van der Waals surface area contributed by atoms with E-state index in [1.807, 2.05) is 12.1 Å². The molecule has 2 amide bonds. The zero-order valence-electron chi connectivity index (χ0n) is 21.7. The molecule has 5 aliphatic rings. The number of carbonyl (C=O) groups is 2. The summed E-state index contributed by atoms with van der Waals surface area (Å²) in [5.41, 5.74) is 0.0671. The van der Waals surface area contributed by atoms with Crippen LogP contribution in [0.4, 0.5) is 10.2 Å². The topological polar surface area (TPSA) is 77.6 Å². The maximum absolute atomic E-state index is 13.7. The van der Waals surface area contributed by atoms with Gasteiger partial charge in [-0.15, -0.1) is 0 Å². The van der Waals surface area contributed by atoms with Gasteiger partial charge in [-0.1, -0.05) is 12.1 Å². The van der Waals surface area contributed by atoms with Crippen molar-refractivity contribution in [3.8, 4) is 0 Å². The van der Waals surface area contributed by atoms with E-state index < -0.39 is 5.82 Å². The summed E-state index contributed by atoms with van der Waals surface area (Å²) < 4.78 is 13.7. The van der Waals surface area contributed by atoms with Crippen LogP contribution in [0.1, 0.15) is 65.8 Å². The molecule has 2 heterocycles. The lowest BCUT2D eigenvalue weighted by atomic mass is 9.49. The highest BCUT2D eigenvalue weighted by molar-refractivity contribution is 5.95. The van der Waals surface area contributed by atoms with Crippen molar-refractivity contribution in [2.45, 2.75) is 62.1 Å². The molecule has 1 aliphatic heterocycles. The third kappa shape index (κ3) is 4.72. The number of halogens is 1. The Morgan fingerprint density at radius 2 is 1.68 bits per heavy atom. The highest BCUT2D eigenvalue weighted by atomic mass is 19.1. The summed E-state index contributed by atoms with van der Waals surface area (Å²) in [6.07, 6.45) is 6.63. The Balaban J connectivity index is 1.18. The summed E-state index contributed by atoms with van der Waals surface area (Å²) in [6, 6.07) is 12.0. The first-order chi connectivity index (χ1) is 17.7. The molecule has 1 aromatic carbocycles. The number of amides is 2. The van der Waals surface area contributed by atoms with Crippen LogP contribution in [0.2, 0.25) is 0 Å². The van der Waals surface area contributed by atoms with Crippen LogP contribution in [-0.2, 0) is 0 Å². The normalized spacial score (nSPS) is 32.1. The van der Waals surface area contributed by atoms with Gasteiger partial charge in [0.1, 0.15) is 17.3 Å². The van der Waals surface area contributed by atoms with Crippen LogP contribution in [-0.4, -0.2) is 66.0 Å². The monoisotopic (exact) mass is 505 g/mol. The Bertz CT molecular complexity index is 1200. The molecule has 4 bridgehead atoms. The molecular formula is C29H36FN5O2. The number of hydrogen-bond acceptors (Lipinski definition) is 5. The number of hydrogen-bond donors (Lipinski definition) is 2. The number of benzene rings is 1. The Morgan fingerprint density at radius 1 is 1.00 bits per heavy atom. The second kappa shape index (κ2) is 9.08. The van der Waals surface area contributed by atoms with Gasteiger partial charge in [0.15, 0.2) is 0 Å². The number of nitrogens with one attached hydrogen (secondary N) is 2. The molecule has 4 saturated carbocycles. The summed E-state index contributed by atoms with van der Waals surface area (Å²) in [7, 11) is 4.20. The van der Waals surface area contributed by atoms with Gasteiger partial charge in [-0.3, -0.25) is 9.59 Å². The van der Waals surface area contributed by atoms with Crippen LogP contribution >= 0.6 is 0 Å². The molecule has 2 N–H and O–H groups in total. The summed E-state index contributed by atoms with van der Waals surface area (Å²) in [5.74, 6) is 0.976. The predicted octanol–water partition coefficient (Wildman–Crippen LogP) is 3.61. The van der Waals surface area contributed by atoms with E-state index in [-0.39, 0.29) is 22.9 Å². The first kappa shape index (κ1) is 24.3. The van der Waals surface area contributed by atoms with Gasteiger partial charge in [-0.25, -0.2) is 9.37 Å². The Hall–Kier alpha value is -3.00. The van der Waals surface area contributed by atoms with Crippen LogP contribution < -0.4 is 15.5 Å². The van der Waals surface area contributed by atoms with E-state index in [0.29, 0.717) is 35.6 Å². The van der Waals surface area contributed by atoms with Gasteiger partial charge in [0.05, 0.1) is 0 Å². The lowest BCUT2D eigenvalue weighted by Gasteiger charge is -2.62. The van der Waals surface area contributed by atoms with Crippen molar-refractivity contribution < 1.29 is 14.0 Å². The van der Waals surface area contributed by atoms with E-state index in [0.717, 1.165) is 57.4 Å². The summed E-state index contributed by atoms with van der Waals surface area (Å²) in [6.45, 7) is 1.84. The van der Waals surface area contributed by atoms with Crippen molar-refractivity contribution in [3.05, 3.63) is 59.5 Å². The fourth-order valence-electron chi connectivity index (χ4n) is 7.90. The quantitative estimate of drug-likeness (QED) is 0.627. The Labute approximate surface area is 217 Å². The number of likely N-dealkylation sites (N-methyl/N-ethyl adjacent to an activating group) is 1. The average Bonchev–Trinajstić information content (AvgIpc) is 3.34. The molecule has 3 atom stereocenters. The van der Waals surface area contributed by atoms with E-state index in [1.54, 1.807) is 18.2 Å². The molecule has 7 rings (SSSR count). The van der Waals surface area contributed by atoms with Gasteiger partial charge in [0.25, 0.3) is 11.8 Å². The zero-order chi connectivity index (χ0) is 25.8. The minimum Gasteiger partial charge on any atom is -0.355 e. The second-order valence-corrected chi connectivity index (χ2v) is 12.2. The molecule has 1 saturated heterocycles. The lowest BCUT2D eigenvalue weighted by Crippen LogP contribution is -2.69. The molecule has 5 fully saturated rings. The first-order valence-electron chi connectivity index (χ1n) is 13.5. The maximum atomic E-state index is 13.7. The number of aromatic nitrogens is 1. The molecule has 0 radical (unpaired) electrons. The fraction of sp³-hybridized carbons (Fsp3) is 0.552. The van der Waals surface area contributed by atoms with Crippen LogP contribution in [0.15, 0.2) is 42.5 Å². The molecule has 8 heteroatoms. The Morgan fingerprint density at radius 3 is 2.32 bits per heavy atom. The van der Waals surface area contributed by atoms with Crippen molar-refractivity contribution in [1.29, 1.82) is 0 Å². The number of anilines is 1. The van der Waals surface area contributed by atoms with E-state index in [4.69, 9.17) is 4.98 Å². The first-order valence-corrected chi connectivity index (χ1v) is 13.5. The molecule has 3 unspecified atom stereocenters. The SMILES string of the molecule is CN(C)C1CCN(c2cccc(C(=O)NC34CC5CC(CC(NC(=O)c6cccc(F)c6)(C5)C3)C4)n2)C1. The van der Waals surface area contributed by atoms with Crippen LogP contribution in [0.3, 0.4) is 0 Å². The van der Waals surface area contributed by atoms with Crippen LogP contribution in [0.5, 0.6) is 0 Å². The lowest BCUT2D eigenvalue weighted by molar-refractivity contribution is -0.0448. The maximum Gasteiger partial charge on any atom is 0.270 e. The van der Waals surface area contributed by atoms with Crippen molar-refractivity contribution in [2.75, 3.05) is 32.1 Å². The fourth-order valence-corrected chi connectivity index (χ4v) is 7.90. The van der Waals surface area contributed by atoms with Crippen molar-refractivity contribution in [1.82, 2.24) is 20.5 Å². The highest BCUT2D eigenvalue weighted by Gasteiger charge is 2.58. The number of nitrogens with zero attached hydrogens (tertiary/aromatic N) is 3. The highest BCUT2D eigenvalue weighted by Crippen LogP contribution is 2.57. The predicted molar refractivity (Wildman–Crippen MR) is 140 cm³/mol. The number of pyridine rings is 1. The van der Waals surface area contributed by atoms with Gasteiger partial charge in [0.2, 0.25) is 0 Å². The third-order valence-electron chi connectivity index (χ3n) is 9.09. The minimum absolute atomic E-state index is 0.140. The summed E-state index contributed by atoms with van der Waals surface area (Å²) in [4.78, 5) is 35.8. The minimum atomic E-state index is -0.414. The number of carbonyl (C=O) groups excluding carboxylic acids is 2. The van der Waals surface area contributed by atoms with E-state index in [9.17, 15) is 14.0 Å². The molecule has 7 nitrogen and oxygen atoms in total. The zero-order valence-corrected chi connectivity index (χ0v) is 21.7. The van der Waals surface area contributed by atoms with Gasteiger partial charge in [-0.05, 0) is 101 Å². The van der Waals surface area contributed by atoms with E-state index >= 15 is 0 Å².